The highest BCUT2D eigenvalue weighted by Crippen LogP contribution is 2.26. The molecule has 2 heterocycles. The summed E-state index contributed by atoms with van der Waals surface area (Å²) in [6.45, 7) is 1.21. The maximum Gasteiger partial charge on any atom is 0.198 e. The van der Waals surface area contributed by atoms with E-state index in [4.69, 9.17) is 21.4 Å². The molecular weight excluding hydrogens is 262 g/mol. The van der Waals surface area contributed by atoms with Crippen LogP contribution in [0.1, 0.15) is 0 Å². The molecule has 0 spiro atoms. The second-order valence-electron chi connectivity index (χ2n) is 4.15. The van der Waals surface area contributed by atoms with E-state index in [2.05, 4.69) is 10.2 Å². The first-order valence-electron chi connectivity index (χ1n) is 5.92. The predicted octanol–water partition coefficient (Wildman–Crippen LogP) is 3.00. The minimum Gasteiger partial charge on any atom is -0.453 e. The van der Waals surface area contributed by atoms with Gasteiger partial charge in [-0.25, -0.2) is 0 Å². The Morgan fingerprint density at radius 3 is 3.05 bits per heavy atom. The molecule has 0 fully saturated rings. The fourth-order valence-electron chi connectivity index (χ4n) is 1.99. The van der Waals surface area contributed by atoms with Crippen molar-refractivity contribution in [3.8, 4) is 11.6 Å². The van der Waals surface area contributed by atoms with E-state index in [9.17, 15) is 0 Å². The van der Waals surface area contributed by atoms with Crippen LogP contribution >= 0.6 is 12.2 Å². The molecule has 0 atom stereocenters. The molecule has 0 radical (unpaired) electrons. The van der Waals surface area contributed by atoms with Gasteiger partial charge in [0.2, 0.25) is 0 Å². The van der Waals surface area contributed by atoms with Gasteiger partial charge in [0.25, 0.3) is 0 Å². The van der Waals surface area contributed by atoms with Crippen LogP contribution in [0.25, 0.3) is 22.6 Å². The molecular formula is C13H13N3O2S. The number of fused-ring (bicyclic) bond motifs is 1. The zero-order chi connectivity index (χ0) is 13.2. The average Bonchev–Trinajstić information content (AvgIpc) is 2.99. The average molecular weight is 275 g/mol. The van der Waals surface area contributed by atoms with Gasteiger partial charge in [0.1, 0.15) is 5.58 Å². The molecule has 2 aromatic heterocycles. The van der Waals surface area contributed by atoms with Crippen molar-refractivity contribution in [1.29, 1.82) is 0 Å². The molecule has 98 valence electrons. The second-order valence-corrected chi connectivity index (χ2v) is 4.53. The van der Waals surface area contributed by atoms with Crippen molar-refractivity contribution in [3.05, 3.63) is 35.1 Å². The van der Waals surface area contributed by atoms with E-state index in [-0.39, 0.29) is 0 Å². The molecule has 0 aliphatic carbocycles. The van der Waals surface area contributed by atoms with Gasteiger partial charge in [0, 0.05) is 12.5 Å². The van der Waals surface area contributed by atoms with Crippen molar-refractivity contribution in [2.24, 2.45) is 0 Å². The summed E-state index contributed by atoms with van der Waals surface area (Å²) in [5, 5.41) is 8.07. The summed E-state index contributed by atoms with van der Waals surface area (Å²) >= 11 is 5.21. The molecule has 5 nitrogen and oxygen atoms in total. The SMILES string of the molecule is COCCn1c(-c2cc3ccccc3o2)n[nH]c1=S. The Bertz CT molecular complexity index is 723. The minimum absolute atomic E-state index is 0.563. The number of rotatable bonds is 4. The number of aromatic nitrogens is 3. The molecule has 1 aromatic carbocycles. The van der Waals surface area contributed by atoms with Crippen molar-refractivity contribution in [2.75, 3.05) is 13.7 Å². The molecule has 0 aliphatic rings. The second kappa shape index (κ2) is 4.99. The number of hydrogen-bond donors (Lipinski definition) is 1. The van der Waals surface area contributed by atoms with Crippen LogP contribution < -0.4 is 0 Å². The number of hydrogen-bond acceptors (Lipinski definition) is 4. The standard InChI is InChI=1S/C13H13N3O2S/c1-17-7-6-16-12(14-15-13(16)19)11-8-9-4-2-3-5-10(9)18-11/h2-5,8H,6-7H2,1H3,(H,15,19). The maximum atomic E-state index is 5.80. The lowest BCUT2D eigenvalue weighted by atomic mass is 10.2. The molecule has 19 heavy (non-hydrogen) atoms. The molecule has 6 heteroatoms. The number of benzene rings is 1. The van der Waals surface area contributed by atoms with Crippen LogP contribution in [0.2, 0.25) is 0 Å². The Morgan fingerprint density at radius 2 is 2.26 bits per heavy atom. The van der Waals surface area contributed by atoms with E-state index in [0.29, 0.717) is 29.5 Å². The monoisotopic (exact) mass is 275 g/mol. The Balaban J connectivity index is 2.08. The number of para-hydroxylation sites is 1. The Kier molecular flexibility index (Phi) is 3.18. The molecule has 3 aromatic rings. The molecule has 0 saturated carbocycles. The van der Waals surface area contributed by atoms with Gasteiger partial charge in [-0.15, -0.1) is 0 Å². The maximum absolute atomic E-state index is 5.80. The summed E-state index contributed by atoms with van der Waals surface area (Å²) in [6.07, 6.45) is 0. The fourth-order valence-corrected chi connectivity index (χ4v) is 2.21. The first kappa shape index (κ1) is 12.1. The van der Waals surface area contributed by atoms with E-state index in [1.165, 1.54) is 0 Å². The number of ether oxygens (including phenoxy) is 1. The zero-order valence-electron chi connectivity index (χ0n) is 10.4. The molecule has 0 aliphatic heterocycles. The van der Waals surface area contributed by atoms with E-state index in [1.54, 1.807) is 7.11 Å². The molecule has 0 amide bonds. The lowest BCUT2D eigenvalue weighted by Gasteiger charge is -2.03. The number of nitrogens with zero attached hydrogens (tertiary/aromatic N) is 2. The van der Waals surface area contributed by atoms with Crippen LogP contribution in [0.5, 0.6) is 0 Å². The van der Waals surface area contributed by atoms with Gasteiger partial charge in [-0.05, 0) is 24.4 Å². The molecule has 0 unspecified atom stereocenters. The number of nitrogens with one attached hydrogen (secondary N) is 1. The fraction of sp³-hybridized carbons (Fsp3) is 0.231. The predicted molar refractivity (Wildman–Crippen MR) is 74.5 cm³/mol. The van der Waals surface area contributed by atoms with Crippen molar-refractivity contribution in [2.45, 2.75) is 6.54 Å². The van der Waals surface area contributed by atoms with Gasteiger partial charge >= 0.3 is 0 Å². The Hall–Kier alpha value is -1.92. The van der Waals surface area contributed by atoms with Gasteiger partial charge < -0.3 is 9.15 Å². The van der Waals surface area contributed by atoms with Crippen LogP contribution in [0.4, 0.5) is 0 Å². The number of H-pyrrole nitrogens is 1. The summed E-state index contributed by atoms with van der Waals surface area (Å²) in [7, 11) is 1.66. The van der Waals surface area contributed by atoms with Gasteiger partial charge in [0.05, 0.1) is 13.2 Å². The third-order valence-electron chi connectivity index (χ3n) is 2.92. The van der Waals surface area contributed by atoms with Crippen LogP contribution in [0, 0.1) is 4.77 Å². The number of methoxy groups -OCH3 is 1. The highest BCUT2D eigenvalue weighted by molar-refractivity contribution is 7.71. The van der Waals surface area contributed by atoms with Crippen LogP contribution in [0.3, 0.4) is 0 Å². The van der Waals surface area contributed by atoms with Crippen molar-refractivity contribution in [1.82, 2.24) is 14.8 Å². The quantitative estimate of drug-likeness (QED) is 0.744. The normalized spacial score (nSPS) is 11.2. The zero-order valence-corrected chi connectivity index (χ0v) is 11.2. The largest absolute Gasteiger partial charge is 0.453 e. The van der Waals surface area contributed by atoms with E-state index < -0.39 is 0 Å². The summed E-state index contributed by atoms with van der Waals surface area (Å²) in [5.41, 5.74) is 0.838. The van der Waals surface area contributed by atoms with E-state index in [0.717, 1.165) is 11.0 Å². The summed E-state index contributed by atoms with van der Waals surface area (Å²) in [6, 6.07) is 9.81. The number of aromatic amines is 1. The van der Waals surface area contributed by atoms with Crippen molar-refractivity contribution < 1.29 is 9.15 Å². The summed E-state index contributed by atoms with van der Waals surface area (Å²) in [5.74, 6) is 1.39. The Labute approximate surface area is 114 Å². The van der Waals surface area contributed by atoms with Crippen molar-refractivity contribution in [3.63, 3.8) is 0 Å². The molecule has 1 N–H and O–H groups in total. The molecule has 0 bridgehead atoms. The van der Waals surface area contributed by atoms with Crippen molar-refractivity contribution >= 4 is 23.2 Å². The van der Waals surface area contributed by atoms with Gasteiger partial charge in [-0.1, -0.05) is 18.2 Å². The first-order valence-corrected chi connectivity index (χ1v) is 6.33. The molecule has 3 rings (SSSR count). The van der Waals surface area contributed by atoms with Gasteiger partial charge in [-0.3, -0.25) is 9.67 Å². The highest BCUT2D eigenvalue weighted by atomic mass is 32.1. The van der Waals surface area contributed by atoms with E-state index >= 15 is 0 Å². The lowest BCUT2D eigenvalue weighted by molar-refractivity contribution is 0.187. The van der Waals surface area contributed by atoms with Crippen LogP contribution in [-0.4, -0.2) is 28.5 Å². The molecule has 0 saturated heterocycles. The number of furan rings is 1. The van der Waals surface area contributed by atoms with Crippen LogP contribution in [0.15, 0.2) is 34.7 Å². The lowest BCUT2D eigenvalue weighted by Crippen LogP contribution is -2.05. The first-order chi connectivity index (χ1) is 9.29. The topological polar surface area (TPSA) is 56.0 Å². The smallest absolute Gasteiger partial charge is 0.198 e. The third-order valence-corrected chi connectivity index (χ3v) is 3.23. The highest BCUT2D eigenvalue weighted by Gasteiger charge is 2.13. The Morgan fingerprint density at radius 1 is 1.42 bits per heavy atom. The van der Waals surface area contributed by atoms with E-state index in [1.807, 2.05) is 34.9 Å². The minimum atomic E-state index is 0.563. The third kappa shape index (κ3) is 2.20. The van der Waals surface area contributed by atoms with Gasteiger partial charge in [0.15, 0.2) is 16.4 Å². The summed E-state index contributed by atoms with van der Waals surface area (Å²) < 4.78 is 13.3. The van der Waals surface area contributed by atoms with Crippen LogP contribution in [-0.2, 0) is 11.3 Å². The van der Waals surface area contributed by atoms with Gasteiger partial charge in [-0.2, -0.15) is 5.10 Å². The summed E-state index contributed by atoms with van der Waals surface area (Å²) in [4.78, 5) is 0.